The van der Waals surface area contributed by atoms with E-state index < -0.39 is 0 Å². The number of rotatable bonds is 5. The Bertz CT molecular complexity index is 587. The summed E-state index contributed by atoms with van der Waals surface area (Å²) >= 11 is 0. The summed E-state index contributed by atoms with van der Waals surface area (Å²) in [5.74, 6) is 0.620. The number of hydrogen-bond donors (Lipinski definition) is 1. The third kappa shape index (κ3) is 6.29. The van der Waals surface area contributed by atoms with E-state index >= 15 is 0 Å². The quantitative estimate of drug-likeness (QED) is 0.866. The van der Waals surface area contributed by atoms with Crippen LogP contribution in [0, 0.1) is 5.82 Å². The van der Waals surface area contributed by atoms with Gasteiger partial charge in [-0.05, 0) is 35.4 Å². The van der Waals surface area contributed by atoms with Crippen LogP contribution in [0.1, 0.15) is 11.1 Å². The minimum atomic E-state index is -0.221. The minimum Gasteiger partial charge on any atom is -0.489 e. The van der Waals surface area contributed by atoms with Gasteiger partial charge in [0.2, 0.25) is 0 Å². The minimum absolute atomic E-state index is 0. The van der Waals surface area contributed by atoms with Crippen molar-refractivity contribution in [3.05, 3.63) is 65.5 Å². The molecular weight excluding hydrogens is 350 g/mol. The highest BCUT2D eigenvalue weighted by Gasteiger charge is 2.09. The largest absolute Gasteiger partial charge is 0.489 e. The Morgan fingerprint density at radius 1 is 0.875 bits per heavy atom. The molecule has 0 aliphatic carbocycles. The Kier molecular flexibility index (Phi) is 9.08. The first-order valence-electron chi connectivity index (χ1n) is 7.69. The van der Waals surface area contributed by atoms with Crippen molar-refractivity contribution in [2.45, 2.75) is 13.2 Å². The van der Waals surface area contributed by atoms with E-state index in [-0.39, 0.29) is 30.6 Å². The van der Waals surface area contributed by atoms with E-state index in [9.17, 15) is 4.39 Å². The van der Waals surface area contributed by atoms with Crippen molar-refractivity contribution in [1.29, 1.82) is 0 Å². The predicted octanol–water partition coefficient (Wildman–Crippen LogP) is 3.65. The fraction of sp³-hybridized carbons (Fsp3) is 0.333. The molecule has 1 aliphatic heterocycles. The van der Waals surface area contributed by atoms with Gasteiger partial charge >= 0.3 is 0 Å². The van der Waals surface area contributed by atoms with Crippen molar-refractivity contribution in [3.8, 4) is 5.75 Å². The molecule has 3 nitrogen and oxygen atoms in total. The van der Waals surface area contributed by atoms with Crippen molar-refractivity contribution < 1.29 is 9.13 Å². The smallest absolute Gasteiger partial charge is 0.123 e. The summed E-state index contributed by atoms with van der Waals surface area (Å²) in [5.41, 5.74) is 2.27. The van der Waals surface area contributed by atoms with Crippen LogP contribution in [0.4, 0.5) is 4.39 Å². The Labute approximate surface area is 155 Å². The summed E-state index contributed by atoms with van der Waals surface area (Å²) in [6.07, 6.45) is 0. The van der Waals surface area contributed by atoms with Gasteiger partial charge in [0.1, 0.15) is 18.2 Å². The third-order valence-electron chi connectivity index (χ3n) is 3.86. The zero-order valence-corrected chi connectivity index (χ0v) is 15.0. The van der Waals surface area contributed by atoms with Gasteiger partial charge in [-0.2, -0.15) is 0 Å². The van der Waals surface area contributed by atoms with Crippen LogP contribution < -0.4 is 10.1 Å². The van der Waals surface area contributed by atoms with Gasteiger partial charge in [0, 0.05) is 32.7 Å². The van der Waals surface area contributed by atoms with E-state index in [2.05, 4.69) is 22.3 Å². The van der Waals surface area contributed by atoms with Gasteiger partial charge < -0.3 is 10.1 Å². The van der Waals surface area contributed by atoms with Crippen molar-refractivity contribution in [2.75, 3.05) is 26.2 Å². The summed E-state index contributed by atoms with van der Waals surface area (Å²) in [7, 11) is 0. The second-order valence-corrected chi connectivity index (χ2v) is 5.59. The van der Waals surface area contributed by atoms with Gasteiger partial charge in [-0.3, -0.25) is 4.90 Å². The van der Waals surface area contributed by atoms with Crippen LogP contribution in [-0.4, -0.2) is 31.1 Å². The van der Waals surface area contributed by atoms with E-state index in [1.165, 1.54) is 17.7 Å². The molecule has 0 bridgehead atoms. The summed E-state index contributed by atoms with van der Waals surface area (Å²) in [6, 6.07) is 14.6. The van der Waals surface area contributed by atoms with E-state index in [1.807, 2.05) is 12.1 Å². The van der Waals surface area contributed by atoms with Gasteiger partial charge in [-0.15, -0.1) is 24.8 Å². The average Bonchev–Trinajstić information content (AvgIpc) is 2.57. The SMILES string of the molecule is Cl.Cl.Fc1ccc(COc2ccc(CN3CCNCC3)cc2)cc1. The number of piperazine rings is 1. The fourth-order valence-electron chi connectivity index (χ4n) is 2.57. The van der Waals surface area contributed by atoms with Crippen molar-refractivity contribution >= 4 is 24.8 Å². The van der Waals surface area contributed by atoms with E-state index in [0.29, 0.717) is 6.61 Å². The third-order valence-corrected chi connectivity index (χ3v) is 3.86. The van der Waals surface area contributed by atoms with Gasteiger partial charge in [0.15, 0.2) is 0 Å². The maximum Gasteiger partial charge on any atom is 0.123 e. The lowest BCUT2D eigenvalue weighted by atomic mass is 10.2. The summed E-state index contributed by atoms with van der Waals surface area (Å²) in [6.45, 7) is 5.78. The van der Waals surface area contributed by atoms with Crippen molar-refractivity contribution in [1.82, 2.24) is 10.2 Å². The topological polar surface area (TPSA) is 24.5 Å². The molecule has 1 aliphatic rings. The highest BCUT2D eigenvalue weighted by Crippen LogP contribution is 2.16. The zero-order valence-electron chi connectivity index (χ0n) is 13.4. The van der Waals surface area contributed by atoms with Crippen LogP contribution in [0.3, 0.4) is 0 Å². The molecule has 1 N–H and O–H groups in total. The monoisotopic (exact) mass is 372 g/mol. The molecule has 3 rings (SSSR count). The van der Waals surface area contributed by atoms with Crippen molar-refractivity contribution in [3.63, 3.8) is 0 Å². The van der Waals surface area contributed by atoms with Crippen LogP contribution in [0.25, 0.3) is 0 Å². The van der Waals surface area contributed by atoms with Crippen LogP contribution in [0.5, 0.6) is 5.75 Å². The number of nitrogens with one attached hydrogen (secondary N) is 1. The summed E-state index contributed by atoms with van der Waals surface area (Å²) in [4.78, 5) is 2.45. The van der Waals surface area contributed by atoms with Gasteiger partial charge in [0.25, 0.3) is 0 Å². The first-order chi connectivity index (χ1) is 10.8. The zero-order chi connectivity index (χ0) is 15.2. The lowest BCUT2D eigenvalue weighted by molar-refractivity contribution is 0.233. The second-order valence-electron chi connectivity index (χ2n) is 5.59. The molecule has 2 aromatic carbocycles. The molecule has 1 heterocycles. The molecule has 0 saturated carbocycles. The molecule has 132 valence electrons. The lowest BCUT2D eigenvalue weighted by Gasteiger charge is -2.27. The Morgan fingerprint density at radius 2 is 1.46 bits per heavy atom. The molecule has 0 spiro atoms. The van der Waals surface area contributed by atoms with E-state index in [4.69, 9.17) is 4.74 Å². The molecule has 0 unspecified atom stereocenters. The standard InChI is InChI=1S/C18H21FN2O.2ClH/c19-17-5-1-16(2-6-17)14-22-18-7-3-15(4-8-18)13-21-11-9-20-10-12-21;;/h1-8,20H,9-14H2;2*1H. The molecule has 0 atom stereocenters. The second kappa shape index (κ2) is 10.5. The summed E-state index contributed by atoms with van der Waals surface area (Å²) in [5, 5.41) is 3.36. The van der Waals surface area contributed by atoms with Crippen LogP contribution >= 0.6 is 24.8 Å². The molecule has 0 radical (unpaired) electrons. The molecule has 0 amide bonds. The number of ether oxygens (including phenoxy) is 1. The lowest BCUT2D eigenvalue weighted by Crippen LogP contribution is -2.42. The van der Waals surface area contributed by atoms with Crippen LogP contribution in [0.2, 0.25) is 0 Å². The molecule has 1 fully saturated rings. The Balaban J connectivity index is 0.00000144. The molecule has 0 aromatic heterocycles. The Hall–Kier alpha value is -1.33. The van der Waals surface area contributed by atoms with Gasteiger partial charge in [-0.25, -0.2) is 4.39 Å². The molecule has 2 aromatic rings. The highest BCUT2D eigenvalue weighted by atomic mass is 35.5. The van der Waals surface area contributed by atoms with Crippen molar-refractivity contribution in [2.24, 2.45) is 0 Å². The first-order valence-corrected chi connectivity index (χ1v) is 7.69. The molecule has 24 heavy (non-hydrogen) atoms. The fourth-order valence-corrected chi connectivity index (χ4v) is 2.57. The van der Waals surface area contributed by atoms with E-state index in [0.717, 1.165) is 44.0 Å². The number of benzene rings is 2. The number of hydrogen-bond acceptors (Lipinski definition) is 3. The molecular formula is C18H23Cl2FN2O. The van der Waals surface area contributed by atoms with Gasteiger partial charge in [-0.1, -0.05) is 24.3 Å². The van der Waals surface area contributed by atoms with Crippen LogP contribution in [-0.2, 0) is 13.2 Å². The molecule has 6 heteroatoms. The number of halogens is 3. The summed E-state index contributed by atoms with van der Waals surface area (Å²) < 4.78 is 18.6. The van der Waals surface area contributed by atoms with Crippen LogP contribution in [0.15, 0.2) is 48.5 Å². The van der Waals surface area contributed by atoms with Gasteiger partial charge in [0.05, 0.1) is 0 Å². The molecule has 1 saturated heterocycles. The maximum atomic E-state index is 12.8. The predicted molar refractivity (Wildman–Crippen MR) is 99.8 cm³/mol. The first kappa shape index (κ1) is 20.7. The normalized spacial score (nSPS) is 14.4. The maximum absolute atomic E-state index is 12.8. The Morgan fingerprint density at radius 3 is 2.08 bits per heavy atom. The average molecular weight is 373 g/mol. The number of nitrogens with zero attached hydrogens (tertiary/aromatic N) is 1. The van der Waals surface area contributed by atoms with E-state index in [1.54, 1.807) is 12.1 Å². The highest BCUT2D eigenvalue weighted by molar-refractivity contribution is 5.85.